The number of thioether (sulfide) groups is 1. The highest BCUT2D eigenvalue weighted by atomic mass is 79.9. The fourth-order valence-corrected chi connectivity index (χ4v) is 4.11. The largest absolute Gasteiger partial charge is 0.352 e. The van der Waals surface area contributed by atoms with Gasteiger partial charge in [0.05, 0.1) is 5.75 Å². The topological polar surface area (TPSA) is 49.4 Å². The molecule has 0 saturated heterocycles. The molecular formula is C24H31BrN2O2S. The summed E-state index contributed by atoms with van der Waals surface area (Å²) in [4.78, 5) is 27.5. The maximum atomic E-state index is 13.1. The van der Waals surface area contributed by atoms with E-state index in [1.807, 2.05) is 70.2 Å². The number of nitrogens with one attached hydrogen (secondary N) is 1. The van der Waals surface area contributed by atoms with E-state index in [9.17, 15) is 9.59 Å². The zero-order valence-electron chi connectivity index (χ0n) is 18.2. The summed E-state index contributed by atoms with van der Waals surface area (Å²) in [6.45, 7) is 8.28. The minimum atomic E-state index is -0.528. The van der Waals surface area contributed by atoms with Crippen molar-refractivity contribution in [3.8, 4) is 0 Å². The molecule has 0 spiro atoms. The lowest BCUT2D eigenvalue weighted by Gasteiger charge is -2.29. The summed E-state index contributed by atoms with van der Waals surface area (Å²) in [5.41, 5.74) is 3.34. The van der Waals surface area contributed by atoms with Crippen molar-refractivity contribution in [3.05, 3.63) is 69.7 Å². The second-order valence-electron chi connectivity index (χ2n) is 7.62. The second-order valence-corrected chi connectivity index (χ2v) is 9.53. The predicted octanol–water partition coefficient (Wildman–Crippen LogP) is 5.32. The number of carbonyl (C=O) groups is 2. The summed E-state index contributed by atoms with van der Waals surface area (Å²) in [5.74, 6) is 0.960. The van der Waals surface area contributed by atoms with Gasteiger partial charge in [-0.1, -0.05) is 64.8 Å². The molecule has 2 rings (SSSR count). The molecule has 0 heterocycles. The van der Waals surface area contributed by atoms with Crippen LogP contribution in [0.5, 0.6) is 0 Å². The van der Waals surface area contributed by atoms with Crippen LogP contribution in [-0.4, -0.2) is 34.6 Å². The lowest BCUT2D eigenvalue weighted by atomic mass is 10.1. The molecule has 0 aliphatic carbocycles. The highest BCUT2D eigenvalue weighted by molar-refractivity contribution is 9.10. The van der Waals surface area contributed by atoms with Crippen LogP contribution in [0.25, 0.3) is 0 Å². The Morgan fingerprint density at radius 3 is 2.43 bits per heavy atom. The number of carbonyl (C=O) groups excluding carboxylic acids is 2. The van der Waals surface area contributed by atoms with E-state index in [0.717, 1.165) is 27.8 Å². The molecule has 30 heavy (non-hydrogen) atoms. The molecule has 0 aromatic heterocycles. The lowest BCUT2D eigenvalue weighted by Crippen LogP contribution is -2.50. The zero-order valence-corrected chi connectivity index (χ0v) is 20.6. The van der Waals surface area contributed by atoms with Gasteiger partial charge in [-0.25, -0.2) is 0 Å². The van der Waals surface area contributed by atoms with Gasteiger partial charge in [0.1, 0.15) is 6.04 Å². The predicted molar refractivity (Wildman–Crippen MR) is 129 cm³/mol. The second kappa shape index (κ2) is 12.2. The molecular weight excluding hydrogens is 460 g/mol. The fraction of sp³-hybridized carbons (Fsp3) is 0.417. The van der Waals surface area contributed by atoms with Crippen LogP contribution in [-0.2, 0) is 21.9 Å². The minimum absolute atomic E-state index is 0.0228. The van der Waals surface area contributed by atoms with Crippen molar-refractivity contribution in [2.45, 2.75) is 58.5 Å². The first-order valence-electron chi connectivity index (χ1n) is 10.3. The molecule has 2 amide bonds. The third-order valence-corrected chi connectivity index (χ3v) is 6.53. The van der Waals surface area contributed by atoms with Gasteiger partial charge in [-0.05, 0) is 50.5 Å². The van der Waals surface area contributed by atoms with Crippen LogP contribution in [0.15, 0.2) is 53.0 Å². The average Bonchev–Trinajstić information content (AvgIpc) is 2.72. The van der Waals surface area contributed by atoms with Crippen molar-refractivity contribution in [2.24, 2.45) is 0 Å². The molecule has 2 aromatic carbocycles. The molecule has 0 aliphatic rings. The van der Waals surface area contributed by atoms with E-state index < -0.39 is 6.04 Å². The van der Waals surface area contributed by atoms with Crippen molar-refractivity contribution in [1.82, 2.24) is 10.2 Å². The van der Waals surface area contributed by atoms with Crippen molar-refractivity contribution in [1.29, 1.82) is 0 Å². The SMILES string of the molecule is CC[C@@H](C)NC(=O)[C@H](C)N(Cc1cccc(C)c1)C(=O)CSCc1ccc(Br)cc1. The summed E-state index contributed by atoms with van der Waals surface area (Å²) >= 11 is 5.01. The number of benzene rings is 2. The first-order valence-corrected chi connectivity index (χ1v) is 12.2. The molecule has 2 atom stereocenters. The van der Waals surface area contributed by atoms with Gasteiger partial charge in [0, 0.05) is 22.8 Å². The van der Waals surface area contributed by atoms with Crippen molar-refractivity contribution in [2.75, 3.05) is 5.75 Å². The van der Waals surface area contributed by atoms with E-state index in [-0.39, 0.29) is 17.9 Å². The van der Waals surface area contributed by atoms with Crippen LogP contribution < -0.4 is 5.32 Å². The van der Waals surface area contributed by atoms with E-state index in [2.05, 4.69) is 27.3 Å². The number of nitrogens with zero attached hydrogens (tertiary/aromatic N) is 1. The fourth-order valence-electron chi connectivity index (χ4n) is 2.98. The monoisotopic (exact) mass is 490 g/mol. The number of halogens is 1. The Bertz CT molecular complexity index is 841. The van der Waals surface area contributed by atoms with E-state index >= 15 is 0 Å². The van der Waals surface area contributed by atoms with Crippen LogP contribution in [0.2, 0.25) is 0 Å². The van der Waals surface area contributed by atoms with E-state index in [1.165, 1.54) is 5.56 Å². The molecule has 0 aliphatic heterocycles. The molecule has 1 N–H and O–H groups in total. The number of hydrogen-bond acceptors (Lipinski definition) is 3. The Kier molecular flexibility index (Phi) is 9.92. The average molecular weight is 491 g/mol. The van der Waals surface area contributed by atoms with E-state index in [1.54, 1.807) is 16.7 Å². The number of amides is 2. The Morgan fingerprint density at radius 1 is 1.10 bits per heavy atom. The van der Waals surface area contributed by atoms with E-state index in [0.29, 0.717) is 12.3 Å². The minimum Gasteiger partial charge on any atom is -0.352 e. The number of rotatable bonds is 10. The number of aryl methyl sites for hydroxylation is 1. The summed E-state index contributed by atoms with van der Waals surface area (Å²) < 4.78 is 1.04. The van der Waals surface area contributed by atoms with Gasteiger partial charge < -0.3 is 10.2 Å². The maximum absolute atomic E-state index is 13.1. The van der Waals surface area contributed by atoms with Gasteiger partial charge in [0.15, 0.2) is 0 Å². The Morgan fingerprint density at radius 2 is 1.80 bits per heavy atom. The van der Waals surface area contributed by atoms with Crippen molar-refractivity contribution in [3.63, 3.8) is 0 Å². The molecule has 2 aromatic rings. The summed E-state index contributed by atoms with van der Waals surface area (Å²) in [5, 5.41) is 3.00. The molecule has 162 valence electrons. The van der Waals surface area contributed by atoms with Gasteiger partial charge >= 0.3 is 0 Å². The highest BCUT2D eigenvalue weighted by Gasteiger charge is 2.26. The number of hydrogen-bond donors (Lipinski definition) is 1. The van der Waals surface area contributed by atoms with E-state index in [4.69, 9.17) is 0 Å². The highest BCUT2D eigenvalue weighted by Crippen LogP contribution is 2.18. The molecule has 0 saturated carbocycles. The first kappa shape index (κ1) is 24.5. The maximum Gasteiger partial charge on any atom is 0.242 e. The standard InChI is InChI=1S/C24H31BrN2O2S/c1-5-18(3)26-24(29)19(4)27(14-21-8-6-7-17(2)13-21)23(28)16-30-15-20-9-11-22(25)12-10-20/h6-13,18-19H,5,14-16H2,1-4H3,(H,26,29)/t18-,19+/m1/s1. The first-order chi connectivity index (χ1) is 14.3. The van der Waals surface area contributed by atoms with Crippen LogP contribution >= 0.6 is 27.7 Å². The van der Waals surface area contributed by atoms with Gasteiger partial charge in [0.25, 0.3) is 0 Å². The lowest BCUT2D eigenvalue weighted by molar-refractivity contribution is -0.138. The summed E-state index contributed by atoms with van der Waals surface area (Å²) in [7, 11) is 0. The van der Waals surface area contributed by atoms with Gasteiger partial charge in [-0.3, -0.25) is 9.59 Å². The smallest absolute Gasteiger partial charge is 0.242 e. The van der Waals surface area contributed by atoms with Gasteiger partial charge in [-0.15, -0.1) is 11.8 Å². The molecule has 6 heteroatoms. The van der Waals surface area contributed by atoms with Crippen LogP contribution in [0, 0.1) is 6.92 Å². The molecule has 0 bridgehead atoms. The summed E-state index contributed by atoms with van der Waals surface area (Å²) in [6.07, 6.45) is 0.854. The quantitative estimate of drug-likeness (QED) is 0.489. The Hall–Kier alpha value is -1.79. The molecule has 0 unspecified atom stereocenters. The van der Waals surface area contributed by atoms with Gasteiger partial charge in [0.2, 0.25) is 11.8 Å². The zero-order chi connectivity index (χ0) is 22.1. The third-order valence-electron chi connectivity index (χ3n) is 5.01. The van der Waals surface area contributed by atoms with Crippen LogP contribution in [0.3, 0.4) is 0 Å². The van der Waals surface area contributed by atoms with Crippen molar-refractivity contribution >= 4 is 39.5 Å². The molecule has 0 fully saturated rings. The summed E-state index contributed by atoms with van der Waals surface area (Å²) in [6, 6.07) is 15.7. The third kappa shape index (κ3) is 7.80. The Balaban J connectivity index is 2.07. The van der Waals surface area contributed by atoms with Gasteiger partial charge in [-0.2, -0.15) is 0 Å². The van der Waals surface area contributed by atoms with Crippen LogP contribution in [0.4, 0.5) is 0 Å². The Labute approximate surface area is 192 Å². The van der Waals surface area contributed by atoms with Crippen molar-refractivity contribution < 1.29 is 9.59 Å². The van der Waals surface area contributed by atoms with Crippen LogP contribution in [0.1, 0.15) is 43.9 Å². The molecule has 4 nitrogen and oxygen atoms in total. The normalized spacial score (nSPS) is 12.8. The molecule has 0 radical (unpaired) electrons.